The van der Waals surface area contributed by atoms with E-state index in [9.17, 15) is 13.2 Å². The molecule has 5 N–H and O–H groups in total. The maximum absolute atomic E-state index is 12.0. The number of urea groups is 1. The van der Waals surface area contributed by atoms with Gasteiger partial charge in [-0.2, -0.15) is 13.5 Å². The Bertz CT molecular complexity index is 1230. The zero-order chi connectivity index (χ0) is 24.1. The van der Waals surface area contributed by atoms with Crippen LogP contribution < -0.4 is 10.6 Å². The Balaban J connectivity index is 0.000000408. The van der Waals surface area contributed by atoms with E-state index >= 15 is 0 Å². The van der Waals surface area contributed by atoms with Gasteiger partial charge in [0.2, 0.25) is 0 Å². The maximum Gasteiger partial charge on any atom is 0.319 e. The Morgan fingerprint density at radius 3 is 2.71 bits per heavy atom. The highest BCUT2D eigenvalue weighted by atomic mass is 32.2. The van der Waals surface area contributed by atoms with Gasteiger partial charge in [-0.3, -0.25) is 14.6 Å². The summed E-state index contributed by atoms with van der Waals surface area (Å²) >= 11 is 0. The van der Waals surface area contributed by atoms with Crippen LogP contribution >= 0.6 is 0 Å². The van der Waals surface area contributed by atoms with Crippen molar-refractivity contribution in [2.45, 2.75) is 32.4 Å². The van der Waals surface area contributed by atoms with E-state index < -0.39 is 10.1 Å². The molecule has 184 valence electrons. The average Bonchev–Trinajstić information content (AvgIpc) is 3.32. The second-order valence-corrected chi connectivity index (χ2v) is 9.97. The van der Waals surface area contributed by atoms with Crippen LogP contribution in [0, 0.1) is 0 Å². The molecule has 1 saturated heterocycles. The van der Waals surface area contributed by atoms with Gasteiger partial charge in [0.1, 0.15) is 5.69 Å². The van der Waals surface area contributed by atoms with E-state index in [0.29, 0.717) is 23.2 Å². The van der Waals surface area contributed by atoms with E-state index in [1.807, 2.05) is 6.07 Å². The number of aromatic nitrogens is 4. The number of benzene rings is 1. The molecule has 1 aliphatic heterocycles. The van der Waals surface area contributed by atoms with Crippen molar-refractivity contribution in [3.63, 3.8) is 0 Å². The number of hydrogen-bond acceptors (Lipinski definition) is 7. The van der Waals surface area contributed by atoms with E-state index in [0.717, 1.165) is 56.7 Å². The monoisotopic (exact) mass is 491 g/mol. The van der Waals surface area contributed by atoms with Crippen LogP contribution in [0.3, 0.4) is 0 Å². The summed E-state index contributed by atoms with van der Waals surface area (Å²) in [6.45, 7) is 5.76. The smallest absolute Gasteiger partial charge is 0.319 e. The summed E-state index contributed by atoms with van der Waals surface area (Å²) in [6, 6.07) is 6.34. The fraction of sp³-hybridized carbons (Fsp3) is 0.476. The van der Waals surface area contributed by atoms with Gasteiger partial charge < -0.3 is 20.4 Å². The summed E-state index contributed by atoms with van der Waals surface area (Å²) in [7, 11) is -3.66. The van der Waals surface area contributed by atoms with Crippen LogP contribution in [-0.4, -0.2) is 82.2 Å². The lowest BCUT2D eigenvalue weighted by Gasteiger charge is -2.26. The summed E-state index contributed by atoms with van der Waals surface area (Å²) in [5.74, 6) is 0.449. The number of nitrogens with zero attached hydrogens (tertiary/aromatic N) is 3. The van der Waals surface area contributed by atoms with E-state index in [-0.39, 0.29) is 11.8 Å². The van der Waals surface area contributed by atoms with Crippen molar-refractivity contribution in [1.29, 1.82) is 0 Å². The highest BCUT2D eigenvalue weighted by molar-refractivity contribution is 7.85. The highest BCUT2D eigenvalue weighted by Gasteiger charge is 2.24. The summed E-state index contributed by atoms with van der Waals surface area (Å²) < 4.78 is 32.3. The molecule has 1 aliphatic carbocycles. The summed E-state index contributed by atoms with van der Waals surface area (Å²) in [5.41, 5.74) is 4.34. The number of carbonyl (C=O) groups is 1. The quantitative estimate of drug-likeness (QED) is 0.326. The van der Waals surface area contributed by atoms with Crippen molar-refractivity contribution in [1.82, 2.24) is 30.4 Å². The van der Waals surface area contributed by atoms with Gasteiger partial charge in [-0.25, -0.2) is 9.78 Å². The first-order valence-electron chi connectivity index (χ1n) is 11.2. The van der Waals surface area contributed by atoms with Crippen LogP contribution in [0.25, 0.3) is 22.6 Å². The predicted octanol–water partition coefficient (Wildman–Crippen LogP) is 1.96. The molecule has 13 heteroatoms. The number of H-pyrrole nitrogens is 2. The Morgan fingerprint density at radius 1 is 1.29 bits per heavy atom. The van der Waals surface area contributed by atoms with Gasteiger partial charge in [-0.1, -0.05) is 6.07 Å². The summed E-state index contributed by atoms with van der Waals surface area (Å²) in [5, 5.41) is 12.8. The molecule has 3 heterocycles. The molecule has 2 aromatic heterocycles. The summed E-state index contributed by atoms with van der Waals surface area (Å²) in [6.07, 6.45) is 3.68. The second kappa shape index (κ2) is 10.5. The minimum absolute atomic E-state index is 0.201. The molecule has 0 bridgehead atoms. The van der Waals surface area contributed by atoms with Crippen LogP contribution in [0.5, 0.6) is 0 Å². The molecule has 0 radical (unpaired) electrons. The van der Waals surface area contributed by atoms with Gasteiger partial charge in [0.25, 0.3) is 10.1 Å². The average molecular weight is 492 g/mol. The maximum atomic E-state index is 12.0. The number of aromatic amines is 2. The van der Waals surface area contributed by atoms with Crippen molar-refractivity contribution in [3.05, 3.63) is 30.0 Å². The number of nitrogens with one attached hydrogen (secondary N) is 4. The number of fused-ring (bicyclic) bond motifs is 1. The number of morpholine rings is 1. The van der Waals surface area contributed by atoms with Gasteiger partial charge in [0.05, 0.1) is 41.9 Å². The number of amides is 2. The molecular formula is C21H29N7O5S. The molecule has 0 spiro atoms. The fourth-order valence-corrected chi connectivity index (χ4v) is 3.42. The zero-order valence-corrected chi connectivity index (χ0v) is 19.7. The number of imidazole rings is 1. The third-order valence-electron chi connectivity index (χ3n) is 5.46. The first kappa shape index (κ1) is 24.1. The van der Waals surface area contributed by atoms with E-state index in [4.69, 9.17) is 9.29 Å². The highest BCUT2D eigenvalue weighted by Crippen LogP contribution is 2.26. The lowest BCUT2D eigenvalue weighted by molar-refractivity contribution is 0.0342. The Hall–Kier alpha value is -3.00. The Morgan fingerprint density at radius 2 is 2.03 bits per heavy atom. The van der Waals surface area contributed by atoms with Crippen LogP contribution in [0.4, 0.5) is 10.5 Å². The van der Waals surface area contributed by atoms with Crippen molar-refractivity contribution >= 4 is 32.9 Å². The Labute approximate surface area is 197 Å². The van der Waals surface area contributed by atoms with Crippen LogP contribution in [0.2, 0.25) is 0 Å². The largest absolute Gasteiger partial charge is 0.379 e. The lowest BCUT2D eigenvalue weighted by Crippen LogP contribution is -2.35. The minimum atomic E-state index is -3.66. The van der Waals surface area contributed by atoms with E-state index in [1.165, 1.54) is 12.5 Å². The molecule has 2 amide bonds. The molecule has 0 unspecified atom stereocenters. The van der Waals surface area contributed by atoms with Gasteiger partial charge >= 0.3 is 6.03 Å². The molecule has 0 atom stereocenters. The fourth-order valence-electron chi connectivity index (χ4n) is 3.42. The summed E-state index contributed by atoms with van der Waals surface area (Å²) in [4.78, 5) is 22.4. The second-order valence-electron chi connectivity index (χ2n) is 8.23. The van der Waals surface area contributed by atoms with Crippen LogP contribution in [0.1, 0.15) is 25.3 Å². The molecular weight excluding hydrogens is 462 g/mol. The molecule has 1 aromatic carbocycles. The molecule has 34 heavy (non-hydrogen) atoms. The molecule has 2 fully saturated rings. The van der Waals surface area contributed by atoms with E-state index in [1.54, 1.807) is 6.20 Å². The lowest BCUT2D eigenvalue weighted by atomic mass is 10.2. The standard InChI is InChI=1S/C19H23N7O2.C2H6O3S/c27-19(21-13-2-3-13)24-16-10-20-25-17(16)18-22-14-4-1-12(9-15(14)23-18)11-26-5-7-28-8-6-26;1-2-6(3,4)5/h1,4,9-10,13H,2-3,5-8,11H2,(H,20,25)(H,22,23)(H2,21,24,27);2H2,1H3,(H,3,4,5). The normalized spacial score (nSPS) is 16.6. The van der Waals surface area contributed by atoms with Gasteiger partial charge in [-0.05, 0) is 37.5 Å². The Kier molecular flexibility index (Phi) is 7.46. The number of carbonyl (C=O) groups excluding carboxylic acids is 1. The number of anilines is 1. The predicted molar refractivity (Wildman–Crippen MR) is 127 cm³/mol. The van der Waals surface area contributed by atoms with Gasteiger partial charge in [0, 0.05) is 25.7 Å². The number of rotatable bonds is 6. The number of hydrogen-bond donors (Lipinski definition) is 5. The van der Waals surface area contributed by atoms with Gasteiger partial charge in [0.15, 0.2) is 5.82 Å². The van der Waals surface area contributed by atoms with Crippen molar-refractivity contribution in [3.8, 4) is 11.5 Å². The third-order valence-corrected chi connectivity index (χ3v) is 6.19. The molecule has 5 rings (SSSR count). The minimum Gasteiger partial charge on any atom is -0.379 e. The van der Waals surface area contributed by atoms with E-state index in [2.05, 4.69) is 47.8 Å². The third kappa shape index (κ3) is 6.76. The molecule has 1 saturated carbocycles. The van der Waals surface area contributed by atoms with Crippen LogP contribution in [-0.2, 0) is 21.4 Å². The van der Waals surface area contributed by atoms with Gasteiger partial charge in [-0.15, -0.1) is 0 Å². The van der Waals surface area contributed by atoms with Crippen molar-refractivity contribution in [2.24, 2.45) is 0 Å². The zero-order valence-electron chi connectivity index (χ0n) is 18.9. The SMILES string of the molecule is CCS(=O)(=O)O.O=C(Nc1cn[nH]c1-c1nc2ccc(CN3CCOCC3)cc2[nH]1)NC1CC1. The molecule has 12 nitrogen and oxygen atoms in total. The molecule has 3 aromatic rings. The molecule has 2 aliphatic rings. The first-order valence-corrected chi connectivity index (χ1v) is 12.8. The van der Waals surface area contributed by atoms with Crippen molar-refractivity contribution in [2.75, 3.05) is 37.4 Å². The topological polar surface area (TPSA) is 165 Å². The number of ether oxygens (including phenoxy) is 1. The first-order chi connectivity index (χ1) is 16.3. The van der Waals surface area contributed by atoms with Crippen LogP contribution in [0.15, 0.2) is 24.4 Å². The van der Waals surface area contributed by atoms with Crippen molar-refractivity contribution < 1.29 is 22.5 Å².